The molecule has 0 saturated carbocycles. The molecule has 1 saturated heterocycles. The Morgan fingerprint density at radius 3 is 2.91 bits per heavy atom. The number of hydrogen-bond acceptors (Lipinski definition) is 9. The molecule has 1 amide bonds. The lowest BCUT2D eigenvalue weighted by molar-refractivity contribution is -0.125. The molecule has 1 fully saturated rings. The maximum Gasteiger partial charge on any atom is 0.229 e. The summed E-state index contributed by atoms with van der Waals surface area (Å²) in [6.45, 7) is 9.75. The summed E-state index contributed by atoms with van der Waals surface area (Å²) >= 11 is 0. The van der Waals surface area contributed by atoms with Crippen LogP contribution in [-0.4, -0.2) is 55.1 Å². The Balaban J connectivity index is 1.34. The van der Waals surface area contributed by atoms with Gasteiger partial charge in [0, 0.05) is 24.5 Å². The van der Waals surface area contributed by atoms with Crippen molar-refractivity contribution in [1.82, 2.24) is 30.1 Å². The summed E-state index contributed by atoms with van der Waals surface area (Å²) in [5.74, 6) is 0.0301. The Hall–Kier alpha value is -4.55. The fraction of sp³-hybridized carbons (Fsp3) is 0.355. The fourth-order valence-electron chi connectivity index (χ4n) is 5.82. The molecule has 12 heteroatoms. The number of carbonyl (C=O) groups excluding carboxylic acids is 1. The van der Waals surface area contributed by atoms with Crippen LogP contribution in [0.25, 0.3) is 10.9 Å². The van der Waals surface area contributed by atoms with E-state index < -0.39 is 12.0 Å². The first-order chi connectivity index (χ1) is 20.8. The lowest BCUT2D eigenvalue weighted by atomic mass is 9.96. The number of hydrogen-bond donors (Lipinski definition) is 4. The number of benzene rings is 2. The number of hydroxylamine groups is 2. The van der Waals surface area contributed by atoms with Gasteiger partial charge in [-0.3, -0.25) is 9.48 Å². The van der Waals surface area contributed by atoms with Crippen molar-refractivity contribution in [3.05, 3.63) is 78.4 Å². The molecule has 0 bridgehead atoms. The van der Waals surface area contributed by atoms with Crippen LogP contribution < -0.4 is 20.9 Å². The molecule has 2 atom stereocenters. The van der Waals surface area contributed by atoms with Gasteiger partial charge >= 0.3 is 0 Å². The van der Waals surface area contributed by atoms with Gasteiger partial charge in [-0.15, -0.1) is 6.58 Å². The molecule has 4 heterocycles. The number of nitrogens with one attached hydrogen (secondary N) is 3. The highest BCUT2D eigenvalue weighted by Gasteiger charge is 2.32. The van der Waals surface area contributed by atoms with Gasteiger partial charge in [0.2, 0.25) is 11.9 Å². The zero-order chi connectivity index (χ0) is 30.1. The quantitative estimate of drug-likeness (QED) is 0.202. The topological polar surface area (TPSA) is 123 Å². The number of amides is 1. The molecule has 43 heavy (non-hydrogen) atoms. The molecule has 224 valence electrons. The van der Waals surface area contributed by atoms with Crippen LogP contribution in [0.5, 0.6) is 0 Å². The van der Waals surface area contributed by atoms with Crippen molar-refractivity contribution in [3.63, 3.8) is 0 Å². The van der Waals surface area contributed by atoms with E-state index in [0.717, 1.165) is 36.0 Å². The number of piperidine rings is 1. The molecule has 0 radical (unpaired) electrons. The number of carbonyl (C=O) groups is 1. The molecule has 4 N–H and O–H groups in total. The molecular weight excluding hydrogens is 549 g/mol. The highest BCUT2D eigenvalue weighted by atomic mass is 19.1. The molecule has 4 aromatic rings. The number of nitrogens with zero attached hydrogens (tertiary/aromatic N) is 6. The number of halogens is 1. The average molecular weight is 586 g/mol. The van der Waals surface area contributed by atoms with Crippen LogP contribution in [0.2, 0.25) is 0 Å². The van der Waals surface area contributed by atoms with E-state index in [1.165, 1.54) is 11.1 Å². The molecule has 1 unspecified atom stereocenters. The Morgan fingerprint density at radius 2 is 2.09 bits per heavy atom. The van der Waals surface area contributed by atoms with Gasteiger partial charge in [0.05, 0.1) is 48.3 Å². The Labute approximate surface area is 249 Å². The number of fused-ring (bicyclic) bond motifs is 2. The first kappa shape index (κ1) is 28.6. The van der Waals surface area contributed by atoms with Crippen molar-refractivity contribution in [2.24, 2.45) is 5.92 Å². The predicted molar refractivity (Wildman–Crippen MR) is 164 cm³/mol. The van der Waals surface area contributed by atoms with Crippen molar-refractivity contribution in [2.45, 2.75) is 52.0 Å². The van der Waals surface area contributed by atoms with Crippen molar-refractivity contribution in [1.29, 1.82) is 0 Å². The molecule has 0 aliphatic carbocycles. The first-order valence-corrected chi connectivity index (χ1v) is 14.6. The normalized spacial score (nSPS) is 18.6. The van der Waals surface area contributed by atoms with Gasteiger partial charge in [0.25, 0.3) is 0 Å². The van der Waals surface area contributed by atoms with Crippen LogP contribution in [-0.2, 0) is 17.9 Å². The molecule has 2 aliphatic rings. The Bertz CT molecular complexity index is 1660. The molecule has 11 nitrogen and oxygen atoms in total. The molecule has 0 spiro atoms. The van der Waals surface area contributed by atoms with Crippen molar-refractivity contribution >= 4 is 40.0 Å². The maximum absolute atomic E-state index is 15.1. The average Bonchev–Trinajstić information content (AvgIpc) is 3.52. The lowest BCUT2D eigenvalue weighted by Gasteiger charge is -2.35. The number of aromatic nitrogens is 4. The summed E-state index contributed by atoms with van der Waals surface area (Å²) in [7, 11) is 0. The Morgan fingerprint density at radius 1 is 1.26 bits per heavy atom. The van der Waals surface area contributed by atoms with Crippen LogP contribution in [0.1, 0.15) is 44.0 Å². The van der Waals surface area contributed by atoms with Crippen LogP contribution in [0, 0.1) is 11.7 Å². The van der Waals surface area contributed by atoms with E-state index in [1.54, 1.807) is 29.2 Å². The van der Waals surface area contributed by atoms with E-state index in [1.807, 2.05) is 38.1 Å². The third kappa shape index (κ3) is 5.88. The van der Waals surface area contributed by atoms with Crippen molar-refractivity contribution in [2.75, 3.05) is 28.6 Å². The third-order valence-electron chi connectivity index (χ3n) is 7.87. The van der Waals surface area contributed by atoms with Crippen molar-refractivity contribution in [3.8, 4) is 0 Å². The molecule has 2 aromatic carbocycles. The monoisotopic (exact) mass is 585 g/mol. The second kappa shape index (κ2) is 12.0. The van der Waals surface area contributed by atoms with E-state index in [9.17, 15) is 10.0 Å². The van der Waals surface area contributed by atoms with Gasteiger partial charge in [0.15, 0.2) is 5.82 Å². The highest BCUT2D eigenvalue weighted by molar-refractivity contribution is 5.84. The lowest BCUT2D eigenvalue weighted by Crippen LogP contribution is -2.45. The number of allylic oxidation sites excluding steroid dienone is 1. The fourth-order valence-corrected chi connectivity index (χ4v) is 5.82. The summed E-state index contributed by atoms with van der Waals surface area (Å²) in [5.41, 5.74) is 3.59. The van der Waals surface area contributed by atoms with Gasteiger partial charge in [-0.05, 0) is 49.9 Å². The van der Waals surface area contributed by atoms with Crippen LogP contribution in [0.3, 0.4) is 0 Å². The molecule has 6 rings (SSSR count). The van der Waals surface area contributed by atoms with Crippen molar-refractivity contribution < 1.29 is 14.4 Å². The van der Waals surface area contributed by atoms with E-state index in [2.05, 4.69) is 37.5 Å². The number of anilines is 4. The van der Waals surface area contributed by atoms with E-state index in [-0.39, 0.29) is 29.5 Å². The second-order valence-corrected chi connectivity index (χ2v) is 11.4. The van der Waals surface area contributed by atoms with Gasteiger partial charge in [-0.2, -0.15) is 15.1 Å². The third-order valence-corrected chi connectivity index (χ3v) is 7.87. The molecule has 2 aliphatic heterocycles. The summed E-state index contributed by atoms with van der Waals surface area (Å²) in [6, 6.07) is 11.0. The first-order valence-electron chi connectivity index (χ1n) is 14.6. The molecular formula is C31H36FN9O2. The van der Waals surface area contributed by atoms with Crippen LogP contribution >= 0.6 is 0 Å². The van der Waals surface area contributed by atoms with Gasteiger partial charge < -0.3 is 26.1 Å². The van der Waals surface area contributed by atoms with Gasteiger partial charge in [0.1, 0.15) is 12.0 Å². The second-order valence-electron chi connectivity index (χ2n) is 11.4. The van der Waals surface area contributed by atoms with Gasteiger partial charge in [-0.1, -0.05) is 30.3 Å². The number of rotatable bonds is 9. The summed E-state index contributed by atoms with van der Waals surface area (Å²) in [6.07, 6.45) is 6.10. The largest absolute Gasteiger partial charge is 0.366 e. The predicted octanol–water partition coefficient (Wildman–Crippen LogP) is 4.95. The maximum atomic E-state index is 15.1. The van der Waals surface area contributed by atoms with E-state index in [4.69, 9.17) is 4.98 Å². The zero-order valence-corrected chi connectivity index (χ0v) is 24.3. The summed E-state index contributed by atoms with van der Waals surface area (Å²) in [4.78, 5) is 24.3. The zero-order valence-electron chi connectivity index (χ0n) is 24.3. The minimum Gasteiger partial charge on any atom is -0.366 e. The smallest absolute Gasteiger partial charge is 0.229 e. The van der Waals surface area contributed by atoms with Crippen LogP contribution in [0.15, 0.2) is 61.4 Å². The van der Waals surface area contributed by atoms with Crippen LogP contribution in [0.4, 0.5) is 27.5 Å². The minimum atomic E-state index is -0.552. The van der Waals surface area contributed by atoms with E-state index >= 15 is 4.39 Å². The Kier molecular flexibility index (Phi) is 7.96. The SMILES string of the molecule is C=CCn1ncc2cc(F)c(Nc3ncc(N4CCC[C@H](C(=O)NC(C)C)C4)c(NC4c5ccccc5CN4O)n3)cc21. The van der Waals surface area contributed by atoms with Gasteiger partial charge in [-0.25, -0.2) is 9.37 Å². The summed E-state index contributed by atoms with van der Waals surface area (Å²) in [5, 5.41) is 26.5. The standard InChI is InChI=1S/C31H36FN9O2/c1-4-11-40-26-14-25(24(32)13-22(26)15-34-40)36-31-33-16-27(39-12-7-9-21(17-39)30(42)35-19(2)3)28(38-31)37-29-23-10-6-5-8-20(23)18-41(29)43/h4-6,8,10,13-16,19,21,29,43H,1,7,9,11-12,17-18H2,2-3H3,(H,35,42)(H2,33,36,37,38)/t21-,29?/m0/s1. The highest BCUT2D eigenvalue weighted by Crippen LogP contribution is 2.37. The molecule has 2 aromatic heterocycles. The van der Waals surface area contributed by atoms with E-state index in [0.29, 0.717) is 36.5 Å². The minimum absolute atomic E-state index is 0.0289. The summed E-state index contributed by atoms with van der Waals surface area (Å²) < 4.78 is 16.9.